The molecule has 1 aliphatic heterocycles. The third-order valence-electron chi connectivity index (χ3n) is 6.44. The summed E-state index contributed by atoms with van der Waals surface area (Å²) in [5.74, 6) is 0. The number of para-hydroxylation sites is 1. The Hall–Kier alpha value is -1.56. The molecule has 2 atom stereocenters. The van der Waals surface area contributed by atoms with Gasteiger partial charge in [0.25, 0.3) is 0 Å². The van der Waals surface area contributed by atoms with Crippen molar-refractivity contribution in [3.05, 3.63) is 80.5 Å². The second-order valence-corrected chi connectivity index (χ2v) is 14.7. The van der Waals surface area contributed by atoms with E-state index in [2.05, 4.69) is 60.8 Å². The highest BCUT2D eigenvalue weighted by molar-refractivity contribution is 8.02. The molecule has 0 spiro atoms. The summed E-state index contributed by atoms with van der Waals surface area (Å²) in [5, 5.41) is 0. The first-order chi connectivity index (χ1) is 14.1. The molecule has 4 rings (SSSR count). The first kappa shape index (κ1) is 20.7. The Morgan fingerprint density at radius 2 is 1.41 bits per heavy atom. The second-order valence-electron chi connectivity index (χ2n) is 7.89. The number of hydrogen-bond acceptors (Lipinski definition) is 3. The molecule has 1 aromatic carbocycles. The van der Waals surface area contributed by atoms with Gasteiger partial charge in [0.1, 0.15) is 13.1 Å². The summed E-state index contributed by atoms with van der Waals surface area (Å²) in [6, 6.07) is 18.7. The van der Waals surface area contributed by atoms with E-state index in [0.29, 0.717) is 11.3 Å². The standard InChI is InChI=1S/C24H31NO2P2/c1-5-21-16-17-22(6-2)28(21,3)25(20-12-8-7-9-13-20)29(4,23-14-10-18-26-23)24-15-11-19-27-24/h7-15,18-19,21-22H,3-6,16-17H2,1-2H3/t21-,22-/m1/s1. The quantitative estimate of drug-likeness (QED) is 0.297. The zero-order chi connectivity index (χ0) is 20.5. The van der Waals surface area contributed by atoms with E-state index in [4.69, 9.17) is 22.2 Å². The number of furan rings is 2. The smallest absolute Gasteiger partial charge is 0.250 e. The molecule has 3 nitrogen and oxygen atoms in total. The van der Waals surface area contributed by atoms with E-state index >= 15 is 0 Å². The first-order valence-electron chi connectivity index (χ1n) is 10.5. The van der Waals surface area contributed by atoms with Crippen molar-refractivity contribution in [2.75, 3.05) is 4.44 Å². The van der Waals surface area contributed by atoms with Crippen molar-refractivity contribution in [1.82, 2.24) is 0 Å². The van der Waals surface area contributed by atoms with Gasteiger partial charge < -0.3 is 8.83 Å². The molecule has 1 aliphatic rings. The van der Waals surface area contributed by atoms with Crippen LogP contribution in [-0.2, 0) is 0 Å². The van der Waals surface area contributed by atoms with E-state index in [9.17, 15) is 0 Å². The molecule has 29 heavy (non-hydrogen) atoms. The summed E-state index contributed by atoms with van der Waals surface area (Å²) >= 11 is 0. The SMILES string of the molecule is [CH2-][P+](c1ccco1)(c1ccco1)N(c1ccccc1)[P+]1([CH2-])[C@H](CC)CC[C@H]1CC. The van der Waals surface area contributed by atoms with Crippen molar-refractivity contribution >= 4 is 31.5 Å². The molecule has 0 saturated carbocycles. The summed E-state index contributed by atoms with van der Waals surface area (Å²) in [5.41, 5.74) is 4.18. The molecule has 0 N–H and O–H groups in total. The Morgan fingerprint density at radius 3 is 1.83 bits per heavy atom. The van der Waals surface area contributed by atoms with E-state index < -0.39 is 14.8 Å². The van der Waals surface area contributed by atoms with Crippen LogP contribution in [0.1, 0.15) is 39.5 Å². The van der Waals surface area contributed by atoms with Crippen LogP contribution in [0.3, 0.4) is 0 Å². The zero-order valence-electron chi connectivity index (χ0n) is 17.4. The highest BCUT2D eigenvalue weighted by atomic mass is 31.2. The van der Waals surface area contributed by atoms with E-state index in [1.807, 2.05) is 12.1 Å². The number of benzene rings is 1. The maximum absolute atomic E-state index is 6.04. The Kier molecular flexibility index (Phi) is 5.92. The van der Waals surface area contributed by atoms with E-state index in [1.165, 1.54) is 18.5 Å². The van der Waals surface area contributed by atoms with Gasteiger partial charge in [0.2, 0.25) is 11.0 Å². The van der Waals surface area contributed by atoms with E-state index in [-0.39, 0.29) is 0 Å². The van der Waals surface area contributed by atoms with Crippen LogP contribution in [0.15, 0.2) is 76.0 Å². The number of hydrogen-bond donors (Lipinski definition) is 0. The molecule has 1 saturated heterocycles. The predicted molar refractivity (Wildman–Crippen MR) is 128 cm³/mol. The molecule has 5 heteroatoms. The minimum Gasteiger partial charge on any atom is -0.435 e. The predicted octanol–water partition coefficient (Wildman–Crippen LogP) is 7.13. The summed E-state index contributed by atoms with van der Waals surface area (Å²) < 4.78 is 14.7. The maximum atomic E-state index is 6.04. The third-order valence-corrected chi connectivity index (χ3v) is 15.9. The largest absolute Gasteiger partial charge is 0.435 e. The van der Waals surface area contributed by atoms with Crippen LogP contribution in [-0.4, -0.2) is 11.3 Å². The summed E-state index contributed by atoms with van der Waals surface area (Å²) in [6.45, 7) is 14.6. The molecule has 3 heterocycles. The van der Waals surface area contributed by atoms with Gasteiger partial charge in [0, 0.05) is 19.5 Å². The van der Waals surface area contributed by atoms with Gasteiger partial charge >= 0.3 is 0 Å². The van der Waals surface area contributed by atoms with Crippen molar-refractivity contribution in [1.29, 1.82) is 0 Å². The molecule has 0 aliphatic carbocycles. The second kappa shape index (κ2) is 8.29. The van der Waals surface area contributed by atoms with Crippen molar-refractivity contribution in [3.8, 4) is 0 Å². The molecule has 0 radical (unpaired) electrons. The van der Waals surface area contributed by atoms with Gasteiger partial charge in [-0.15, -0.1) is 6.66 Å². The fourth-order valence-electron chi connectivity index (χ4n) is 4.99. The molecule has 1 fully saturated rings. The zero-order valence-corrected chi connectivity index (χ0v) is 19.2. The number of anilines is 1. The average molecular weight is 427 g/mol. The lowest BCUT2D eigenvalue weighted by Gasteiger charge is -2.50. The molecule has 0 bridgehead atoms. The van der Waals surface area contributed by atoms with Crippen LogP contribution in [0.4, 0.5) is 5.69 Å². The van der Waals surface area contributed by atoms with E-state index in [0.717, 1.165) is 23.8 Å². The van der Waals surface area contributed by atoms with Gasteiger partial charge in [0.05, 0.1) is 23.8 Å². The van der Waals surface area contributed by atoms with Gasteiger partial charge in [-0.25, -0.2) is 0 Å². The molecule has 0 unspecified atom stereocenters. The lowest BCUT2D eigenvalue weighted by Crippen LogP contribution is -2.38. The number of nitrogens with zero attached hydrogens (tertiary/aromatic N) is 1. The van der Waals surface area contributed by atoms with Crippen LogP contribution in [0.5, 0.6) is 0 Å². The first-order valence-corrected chi connectivity index (χ1v) is 14.5. The minimum atomic E-state index is -2.39. The van der Waals surface area contributed by atoms with Crippen molar-refractivity contribution < 1.29 is 8.83 Å². The Balaban J connectivity index is 2.00. The van der Waals surface area contributed by atoms with Crippen molar-refractivity contribution in [2.24, 2.45) is 0 Å². The Bertz CT molecular complexity index is 846. The maximum Gasteiger partial charge on any atom is 0.250 e. The Morgan fingerprint density at radius 1 is 0.897 bits per heavy atom. The van der Waals surface area contributed by atoms with Gasteiger partial charge in [-0.05, 0) is 49.9 Å². The van der Waals surface area contributed by atoms with Crippen LogP contribution in [0.2, 0.25) is 0 Å². The van der Waals surface area contributed by atoms with Crippen LogP contribution in [0, 0.1) is 13.3 Å². The minimum absolute atomic E-state index is 0.596. The van der Waals surface area contributed by atoms with Gasteiger partial charge in [-0.3, -0.25) is 0 Å². The third kappa shape index (κ3) is 3.28. The lowest BCUT2D eigenvalue weighted by atomic mass is 10.1. The fourth-order valence-corrected chi connectivity index (χ4v) is 15.2. The van der Waals surface area contributed by atoms with Crippen LogP contribution in [0.25, 0.3) is 0 Å². The lowest BCUT2D eigenvalue weighted by molar-refractivity contribution is 0.591. The fraction of sp³-hybridized carbons (Fsp3) is 0.333. The van der Waals surface area contributed by atoms with E-state index in [1.54, 1.807) is 12.5 Å². The highest BCUT2D eigenvalue weighted by Gasteiger charge is 2.61. The van der Waals surface area contributed by atoms with Gasteiger partial charge in [0.15, 0.2) is 0 Å². The van der Waals surface area contributed by atoms with Crippen LogP contribution >= 0.6 is 14.8 Å². The van der Waals surface area contributed by atoms with Crippen molar-refractivity contribution in [2.45, 2.75) is 50.8 Å². The molecular weight excluding hydrogens is 396 g/mol. The molecule has 0 amide bonds. The highest BCUT2D eigenvalue weighted by Crippen LogP contribution is 2.85. The summed E-state index contributed by atoms with van der Waals surface area (Å²) in [6.07, 6.45) is 8.27. The average Bonchev–Trinajstić information content (AvgIpc) is 3.50. The molecule has 154 valence electrons. The Labute approximate surface area is 176 Å². The van der Waals surface area contributed by atoms with Gasteiger partial charge in [-0.2, -0.15) is 11.1 Å². The molecular formula is C24H31NO2P2. The molecule has 3 aromatic rings. The monoisotopic (exact) mass is 427 g/mol. The molecule has 2 aromatic heterocycles. The topological polar surface area (TPSA) is 29.5 Å². The number of rotatable bonds is 7. The summed E-state index contributed by atoms with van der Waals surface area (Å²) in [4.78, 5) is 0. The van der Waals surface area contributed by atoms with Crippen LogP contribution < -0.4 is 15.4 Å². The summed E-state index contributed by atoms with van der Waals surface area (Å²) in [7, 11) is -4.22. The van der Waals surface area contributed by atoms with Crippen molar-refractivity contribution in [3.63, 3.8) is 0 Å². The normalized spacial score (nSPS) is 21.4. The van der Waals surface area contributed by atoms with Gasteiger partial charge in [-0.1, -0.05) is 32.0 Å².